The summed E-state index contributed by atoms with van der Waals surface area (Å²) >= 11 is 1.61. The molecular formula is C19H19N3O3S. The first-order valence-electron chi connectivity index (χ1n) is 8.63. The molecular weight excluding hydrogens is 350 g/mol. The molecule has 1 unspecified atom stereocenters. The molecule has 3 aromatic heterocycles. The van der Waals surface area contributed by atoms with E-state index in [1.807, 2.05) is 27.8 Å². The summed E-state index contributed by atoms with van der Waals surface area (Å²) < 4.78 is 10.6. The van der Waals surface area contributed by atoms with Crippen LogP contribution in [0, 0.1) is 5.92 Å². The van der Waals surface area contributed by atoms with Crippen molar-refractivity contribution in [3.05, 3.63) is 52.9 Å². The van der Waals surface area contributed by atoms with Crippen LogP contribution in [0.3, 0.4) is 0 Å². The topological polar surface area (TPSA) is 72.4 Å². The zero-order chi connectivity index (χ0) is 17.8. The molecule has 1 saturated heterocycles. The van der Waals surface area contributed by atoms with Gasteiger partial charge in [-0.2, -0.15) is 16.3 Å². The van der Waals surface area contributed by atoms with Crippen molar-refractivity contribution < 1.29 is 13.7 Å². The fraction of sp³-hybridized carbons (Fsp3) is 0.316. The number of furan rings is 1. The molecule has 1 atom stereocenters. The normalized spacial score (nSPS) is 17.8. The molecule has 0 aliphatic carbocycles. The predicted molar refractivity (Wildman–Crippen MR) is 98.4 cm³/mol. The number of aromatic nitrogens is 2. The Morgan fingerprint density at radius 1 is 1.42 bits per heavy atom. The summed E-state index contributed by atoms with van der Waals surface area (Å²) in [4.78, 5) is 18.8. The summed E-state index contributed by atoms with van der Waals surface area (Å²) in [5.41, 5.74) is 0.980. The standard InChI is InChI=1S/C19H19N3O3S/c23-18(6-5-16-4-2-9-24-16)22-8-1-3-14(12-22)11-17-20-19(21-25-17)15-7-10-26-13-15/h2,4-7,9-10,13-14H,1,3,8,11-12H2. The highest BCUT2D eigenvalue weighted by Crippen LogP contribution is 2.23. The monoisotopic (exact) mass is 369 g/mol. The van der Waals surface area contributed by atoms with Crippen LogP contribution >= 0.6 is 11.3 Å². The molecule has 1 amide bonds. The first-order chi connectivity index (χ1) is 12.8. The Bertz CT molecular complexity index is 868. The van der Waals surface area contributed by atoms with Gasteiger partial charge >= 0.3 is 0 Å². The van der Waals surface area contributed by atoms with E-state index in [4.69, 9.17) is 8.94 Å². The van der Waals surface area contributed by atoms with Crippen molar-refractivity contribution in [1.29, 1.82) is 0 Å². The number of hydrogen-bond donors (Lipinski definition) is 0. The number of piperidine rings is 1. The fourth-order valence-electron chi connectivity index (χ4n) is 3.17. The maximum Gasteiger partial charge on any atom is 0.246 e. The van der Waals surface area contributed by atoms with Gasteiger partial charge in [0, 0.05) is 36.5 Å². The van der Waals surface area contributed by atoms with Gasteiger partial charge in [0.2, 0.25) is 17.6 Å². The zero-order valence-electron chi connectivity index (χ0n) is 14.2. The van der Waals surface area contributed by atoms with Crippen LogP contribution in [-0.2, 0) is 11.2 Å². The average molecular weight is 369 g/mol. The maximum atomic E-state index is 12.4. The summed E-state index contributed by atoms with van der Waals surface area (Å²) in [6.07, 6.45) is 7.61. The molecule has 0 saturated carbocycles. The second-order valence-corrected chi connectivity index (χ2v) is 7.15. The quantitative estimate of drug-likeness (QED) is 0.638. The van der Waals surface area contributed by atoms with Crippen LogP contribution in [0.4, 0.5) is 0 Å². The molecule has 4 heterocycles. The van der Waals surface area contributed by atoms with E-state index in [0.29, 0.717) is 36.4 Å². The predicted octanol–water partition coefficient (Wildman–Crippen LogP) is 3.89. The lowest BCUT2D eigenvalue weighted by Crippen LogP contribution is -2.39. The SMILES string of the molecule is O=C(C=Cc1ccco1)N1CCCC(Cc2nc(-c3ccsc3)no2)C1. The van der Waals surface area contributed by atoms with E-state index in [0.717, 1.165) is 24.9 Å². The second kappa shape index (κ2) is 7.70. The number of thiophene rings is 1. The van der Waals surface area contributed by atoms with Crippen molar-refractivity contribution in [2.75, 3.05) is 13.1 Å². The van der Waals surface area contributed by atoms with Gasteiger partial charge in [0.05, 0.1) is 6.26 Å². The molecule has 0 spiro atoms. The van der Waals surface area contributed by atoms with Crippen molar-refractivity contribution in [2.45, 2.75) is 19.3 Å². The summed E-state index contributed by atoms with van der Waals surface area (Å²) in [6.45, 7) is 1.49. The lowest BCUT2D eigenvalue weighted by atomic mass is 9.94. The third-order valence-corrected chi connectivity index (χ3v) is 5.16. The number of amides is 1. The van der Waals surface area contributed by atoms with Crippen molar-refractivity contribution in [3.8, 4) is 11.4 Å². The first kappa shape index (κ1) is 16.8. The van der Waals surface area contributed by atoms with Crippen LogP contribution in [0.25, 0.3) is 17.5 Å². The molecule has 134 valence electrons. The van der Waals surface area contributed by atoms with E-state index in [1.54, 1.807) is 35.8 Å². The Labute approximate surface area is 155 Å². The lowest BCUT2D eigenvalue weighted by molar-refractivity contribution is -0.127. The molecule has 0 aromatic carbocycles. The van der Waals surface area contributed by atoms with Crippen LogP contribution in [-0.4, -0.2) is 34.0 Å². The summed E-state index contributed by atoms with van der Waals surface area (Å²) in [7, 11) is 0. The lowest BCUT2D eigenvalue weighted by Gasteiger charge is -2.31. The number of carbonyl (C=O) groups is 1. The van der Waals surface area contributed by atoms with Crippen LogP contribution in [0.5, 0.6) is 0 Å². The molecule has 1 aliphatic rings. The Balaban J connectivity index is 1.35. The van der Waals surface area contributed by atoms with Crippen LogP contribution in [0.15, 0.2) is 50.2 Å². The largest absolute Gasteiger partial charge is 0.465 e. The number of nitrogens with zero attached hydrogens (tertiary/aromatic N) is 3. The van der Waals surface area contributed by atoms with E-state index < -0.39 is 0 Å². The molecule has 6 nitrogen and oxygen atoms in total. The van der Waals surface area contributed by atoms with Gasteiger partial charge in [-0.25, -0.2) is 0 Å². The molecule has 26 heavy (non-hydrogen) atoms. The van der Waals surface area contributed by atoms with Gasteiger partial charge in [-0.3, -0.25) is 4.79 Å². The summed E-state index contributed by atoms with van der Waals surface area (Å²) in [5, 5.41) is 8.05. The molecule has 3 aromatic rings. The van der Waals surface area contributed by atoms with E-state index in [9.17, 15) is 4.79 Å². The minimum atomic E-state index is 0.00981. The molecule has 7 heteroatoms. The molecule has 1 fully saturated rings. The van der Waals surface area contributed by atoms with Crippen molar-refractivity contribution in [1.82, 2.24) is 15.0 Å². The van der Waals surface area contributed by atoms with Crippen LogP contribution < -0.4 is 0 Å². The van der Waals surface area contributed by atoms with Crippen molar-refractivity contribution in [3.63, 3.8) is 0 Å². The number of rotatable bonds is 5. The smallest absolute Gasteiger partial charge is 0.246 e. The molecule has 0 N–H and O–H groups in total. The van der Waals surface area contributed by atoms with E-state index in [1.165, 1.54) is 0 Å². The van der Waals surface area contributed by atoms with Crippen molar-refractivity contribution in [2.24, 2.45) is 5.92 Å². The molecule has 0 radical (unpaired) electrons. The Morgan fingerprint density at radius 2 is 2.38 bits per heavy atom. The average Bonchev–Trinajstić information content (AvgIpc) is 3.41. The minimum absolute atomic E-state index is 0.00981. The van der Waals surface area contributed by atoms with Gasteiger partial charge in [0.15, 0.2) is 0 Å². The van der Waals surface area contributed by atoms with Crippen LogP contribution in [0.2, 0.25) is 0 Å². The molecule has 1 aliphatic heterocycles. The van der Waals surface area contributed by atoms with Crippen LogP contribution in [0.1, 0.15) is 24.5 Å². The van der Waals surface area contributed by atoms with E-state index >= 15 is 0 Å². The number of likely N-dealkylation sites (tertiary alicyclic amines) is 1. The molecule has 0 bridgehead atoms. The third-order valence-electron chi connectivity index (χ3n) is 4.47. The van der Waals surface area contributed by atoms with Gasteiger partial charge in [0.25, 0.3) is 0 Å². The van der Waals surface area contributed by atoms with Gasteiger partial charge in [-0.15, -0.1) is 0 Å². The van der Waals surface area contributed by atoms with Crippen molar-refractivity contribution >= 4 is 23.3 Å². The highest BCUT2D eigenvalue weighted by atomic mass is 32.1. The van der Waals surface area contributed by atoms with Gasteiger partial charge in [-0.1, -0.05) is 5.16 Å². The number of hydrogen-bond acceptors (Lipinski definition) is 6. The Morgan fingerprint density at radius 3 is 3.19 bits per heavy atom. The summed E-state index contributed by atoms with van der Waals surface area (Å²) in [6, 6.07) is 5.60. The first-order valence-corrected chi connectivity index (χ1v) is 9.58. The fourth-order valence-corrected chi connectivity index (χ4v) is 3.80. The maximum absolute atomic E-state index is 12.4. The summed E-state index contributed by atoms with van der Waals surface area (Å²) in [5.74, 6) is 2.29. The van der Waals surface area contributed by atoms with Gasteiger partial charge in [-0.05, 0) is 48.4 Å². The van der Waals surface area contributed by atoms with Gasteiger partial charge < -0.3 is 13.8 Å². The van der Waals surface area contributed by atoms with E-state index in [-0.39, 0.29) is 5.91 Å². The third kappa shape index (κ3) is 3.94. The minimum Gasteiger partial charge on any atom is -0.465 e. The highest BCUT2D eigenvalue weighted by Gasteiger charge is 2.24. The zero-order valence-corrected chi connectivity index (χ0v) is 15.0. The Hall–Kier alpha value is -2.67. The Kier molecular flexibility index (Phi) is 4.97. The van der Waals surface area contributed by atoms with Gasteiger partial charge in [0.1, 0.15) is 5.76 Å². The second-order valence-electron chi connectivity index (χ2n) is 6.37. The van der Waals surface area contributed by atoms with E-state index in [2.05, 4.69) is 10.1 Å². The number of carbonyl (C=O) groups excluding carboxylic acids is 1. The molecule has 4 rings (SSSR count). The highest BCUT2D eigenvalue weighted by molar-refractivity contribution is 7.08.